The van der Waals surface area contributed by atoms with Crippen molar-refractivity contribution in [3.8, 4) is 11.5 Å². The predicted molar refractivity (Wildman–Crippen MR) is 155 cm³/mol. The van der Waals surface area contributed by atoms with Crippen LogP contribution in [-0.4, -0.2) is 58.5 Å². The molecule has 0 unspecified atom stereocenters. The monoisotopic (exact) mass is 587 g/mol. The van der Waals surface area contributed by atoms with E-state index in [2.05, 4.69) is 5.32 Å². The fraction of sp³-hybridized carbons (Fsp3) is 0.310. The molecule has 3 aromatic rings. The molecule has 0 aliphatic heterocycles. The number of hydrogen-bond donors (Lipinski definition) is 1. The van der Waals surface area contributed by atoms with E-state index in [4.69, 9.17) is 21.1 Å². The SMILES string of the molecule is CCCNC(=O)[C@H](C)N(Cc1ccc(OC)cc1)C(=O)CN(c1cc(Cl)ccc1OC)S(=O)(=O)c1ccccc1. The van der Waals surface area contributed by atoms with E-state index in [1.807, 2.05) is 6.92 Å². The Morgan fingerprint density at radius 1 is 0.975 bits per heavy atom. The highest BCUT2D eigenvalue weighted by molar-refractivity contribution is 7.92. The highest BCUT2D eigenvalue weighted by atomic mass is 35.5. The molecular formula is C29H34ClN3O6S. The van der Waals surface area contributed by atoms with Gasteiger partial charge >= 0.3 is 0 Å². The van der Waals surface area contributed by atoms with Crippen LogP contribution in [0.5, 0.6) is 11.5 Å². The molecule has 1 atom stereocenters. The maximum Gasteiger partial charge on any atom is 0.264 e. The maximum atomic E-state index is 14.0. The molecule has 0 saturated heterocycles. The number of nitrogens with one attached hydrogen (secondary N) is 1. The number of nitrogens with zero attached hydrogens (tertiary/aromatic N) is 2. The lowest BCUT2D eigenvalue weighted by atomic mass is 10.1. The summed E-state index contributed by atoms with van der Waals surface area (Å²) in [4.78, 5) is 28.3. The van der Waals surface area contributed by atoms with Gasteiger partial charge in [0.15, 0.2) is 0 Å². The van der Waals surface area contributed by atoms with E-state index in [1.54, 1.807) is 62.6 Å². The van der Waals surface area contributed by atoms with Crippen molar-refractivity contribution >= 4 is 39.1 Å². The zero-order chi connectivity index (χ0) is 29.3. The molecule has 0 aliphatic carbocycles. The van der Waals surface area contributed by atoms with Crippen LogP contribution in [0.3, 0.4) is 0 Å². The van der Waals surface area contributed by atoms with Gasteiger partial charge in [0, 0.05) is 18.1 Å². The first-order chi connectivity index (χ1) is 19.1. The maximum absolute atomic E-state index is 14.0. The predicted octanol–water partition coefficient (Wildman–Crippen LogP) is 4.50. The number of hydrogen-bond acceptors (Lipinski definition) is 6. The average molecular weight is 588 g/mol. The van der Waals surface area contributed by atoms with Gasteiger partial charge in [-0.15, -0.1) is 0 Å². The largest absolute Gasteiger partial charge is 0.497 e. The molecule has 3 aromatic carbocycles. The summed E-state index contributed by atoms with van der Waals surface area (Å²) in [6.07, 6.45) is 0.725. The minimum Gasteiger partial charge on any atom is -0.497 e. The smallest absolute Gasteiger partial charge is 0.264 e. The lowest BCUT2D eigenvalue weighted by Gasteiger charge is -2.32. The third-order valence-corrected chi connectivity index (χ3v) is 8.26. The van der Waals surface area contributed by atoms with Gasteiger partial charge in [-0.3, -0.25) is 13.9 Å². The van der Waals surface area contributed by atoms with Crippen molar-refractivity contribution in [1.82, 2.24) is 10.2 Å². The molecule has 0 fully saturated rings. The summed E-state index contributed by atoms with van der Waals surface area (Å²) in [5.41, 5.74) is 0.835. The number of rotatable bonds is 13. The Kier molecular flexibility index (Phi) is 10.8. The number of carbonyl (C=O) groups is 2. The minimum atomic E-state index is -4.24. The van der Waals surface area contributed by atoms with E-state index in [9.17, 15) is 18.0 Å². The van der Waals surface area contributed by atoms with Crippen LogP contribution in [0.1, 0.15) is 25.8 Å². The summed E-state index contributed by atoms with van der Waals surface area (Å²) in [5, 5.41) is 3.08. The van der Waals surface area contributed by atoms with E-state index in [1.165, 1.54) is 36.3 Å². The van der Waals surface area contributed by atoms with E-state index in [0.29, 0.717) is 12.3 Å². The molecule has 40 heavy (non-hydrogen) atoms. The van der Waals surface area contributed by atoms with Gasteiger partial charge in [0.2, 0.25) is 11.8 Å². The number of ether oxygens (including phenoxy) is 2. The fourth-order valence-corrected chi connectivity index (χ4v) is 5.60. The van der Waals surface area contributed by atoms with Crippen LogP contribution in [0, 0.1) is 0 Å². The normalized spacial score (nSPS) is 11.8. The highest BCUT2D eigenvalue weighted by Crippen LogP contribution is 2.35. The molecule has 0 radical (unpaired) electrons. The first-order valence-electron chi connectivity index (χ1n) is 12.7. The number of amides is 2. The first-order valence-corrected chi connectivity index (χ1v) is 14.6. The van der Waals surface area contributed by atoms with E-state index in [0.717, 1.165) is 16.3 Å². The summed E-state index contributed by atoms with van der Waals surface area (Å²) in [7, 11) is -1.29. The van der Waals surface area contributed by atoms with Gasteiger partial charge < -0.3 is 19.7 Å². The Hall–Kier alpha value is -3.76. The lowest BCUT2D eigenvalue weighted by molar-refractivity contribution is -0.139. The topological polar surface area (TPSA) is 105 Å². The first kappa shape index (κ1) is 30.8. The second-order valence-electron chi connectivity index (χ2n) is 8.98. The second kappa shape index (κ2) is 14.0. The van der Waals surface area contributed by atoms with Crippen LogP contribution in [-0.2, 0) is 26.2 Å². The van der Waals surface area contributed by atoms with Crippen LogP contribution in [0.4, 0.5) is 5.69 Å². The summed E-state index contributed by atoms with van der Waals surface area (Å²) in [5.74, 6) is -0.0753. The molecule has 9 nitrogen and oxygen atoms in total. The molecule has 2 amide bonds. The Morgan fingerprint density at radius 2 is 1.65 bits per heavy atom. The van der Waals surface area contributed by atoms with Gasteiger partial charge in [-0.1, -0.05) is 48.9 Å². The average Bonchev–Trinajstić information content (AvgIpc) is 2.97. The van der Waals surface area contributed by atoms with E-state index < -0.39 is 28.5 Å². The Labute approximate surface area is 240 Å². The standard InChI is InChI=1S/C29H34ClN3O6S/c1-5-17-31-29(35)21(2)32(19-22-11-14-24(38-3)15-12-22)28(34)20-33(26-18-23(30)13-16-27(26)39-4)40(36,37)25-9-7-6-8-10-25/h6-16,18,21H,5,17,19-20H2,1-4H3,(H,31,35)/t21-/m0/s1. The molecular weight excluding hydrogens is 554 g/mol. The van der Waals surface area contributed by atoms with Crippen molar-refractivity contribution < 1.29 is 27.5 Å². The molecule has 0 spiro atoms. The number of halogens is 1. The van der Waals surface area contributed by atoms with E-state index in [-0.39, 0.29) is 33.8 Å². The van der Waals surface area contributed by atoms with Gasteiger partial charge in [-0.05, 0) is 61.4 Å². The van der Waals surface area contributed by atoms with Crippen molar-refractivity contribution in [2.75, 3.05) is 31.6 Å². The van der Waals surface area contributed by atoms with Gasteiger partial charge in [0.25, 0.3) is 10.0 Å². The number of carbonyl (C=O) groups excluding carboxylic acids is 2. The third-order valence-electron chi connectivity index (χ3n) is 6.25. The third kappa shape index (κ3) is 7.45. The molecule has 0 aromatic heterocycles. The Morgan fingerprint density at radius 3 is 2.25 bits per heavy atom. The van der Waals surface area contributed by atoms with Gasteiger partial charge in [-0.2, -0.15) is 0 Å². The van der Waals surface area contributed by atoms with Crippen molar-refractivity contribution in [2.24, 2.45) is 0 Å². The van der Waals surface area contributed by atoms with Crippen molar-refractivity contribution in [3.63, 3.8) is 0 Å². The molecule has 11 heteroatoms. The molecule has 0 bridgehead atoms. The highest BCUT2D eigenvalue weighted by Gasteiger charge is 2.33. The van der Waals surface area contributed by atoms with E-state index >= 15 is 0 Å². The van der Waals surface area contributed by atoms with Crippen LogP contribution in [0.2, 0.25) is 5.02 Å². The van der Waals surface area contributed by atoms with Crippen molar-refractivity contribution in [1.29, 1.82) is 0 Å². The second-order valence-corrected chi connectivity index (χ2v) is 11.3. The molecule has 0 heterocycles. The molecule has 3 rings (SSSR count). The zero-order valence-electron chi connectivity index (χ0n) is 23.0. The Balaban J connectivity index is 2.06. The van der Waals surface area contributed by atoms with Gasteiger partial charge in [-0.25, -0.2) is 8.42 Å². The summed E-state index contributed by atoms with van der Waals surface area (Å²) in [6.45, 7) is 3.45. The number of anilines is 1. The quantitative estimate of drug-likeness (QED) is 0.316. The number of methoxy groups -OCH3 is 2. The van der Waals surface area contributed by atoms with Crippen LogP contribution >= 0.6 is 11.6 Å². The zero-order valence-corrected chi connectivity index (χ0v) is 24.5. The lowest BCUT2D eigenvalue weighted by Crippen LogP contribution is -2.51. The molecule has 0 aliphatic rings. The molecule has 1 N–H and O–H groups in total. The molecule has 214 valence electrons. The van der Waals surface area contributed by atoms with Gasteiger partial charge in [0.1, 0.15) is 24.1 Å². The summed E-state index contributed by atoms with van der Waals surface area (Å²) < 4.78 is 39.4. The summed E-state index contributed by atoms with van der Waals surface area (Å²) in [6, 6.07) is 18.5. The van der Waals surface area contributed by atoms with Crippen LogP contribution in [0.15, 0.2) is 77.7 Å². The van der Waals surface area contributed by atoms with Gasteiger partial charge in [0.05, 0.1) is 24.8 Å². The summed E-state index contributed by atoms with van der Waals surface area (Å²) >= 11 is 6.25. The van der Waals surface area contributed by atoms with Crippen LogP contribution < -0.4 is 19.1 Å². The fourth-order valence-electron chi connectivity index (χ4n) is 4.00. The van der Waals surface area contributed by atoms with Crippen LogP contribution in [0.25, 0.3) is 0 Å². The number of sulfonamides is 1. The van der Waals surface area contributed by atoms with Crippen molar-refractivity contribution in [3.05, 3.63) is 83.4 Å². The van der Waals surface area contributed by atoms with Crippen molar-refractivity contribution in [2.45, 2.75) is 37.8 Å². The Bertz CT molecular complexity index is 1400. The molecule has 0 saturated carbocycles. The number of benzene rings is 3. The minimum absolute atomic E-state index is 0.0136.